The van der Waals surface area contributed by atoms with Crippen molar-refractivity contribution in [3.05, 3.63) is 281 Å². The molecule has 0 unspecified atom stereocenters. The molecule has 3 aliphatic carbocycles. The quantitative estimate of drug-likeness (QED) is 0.177. The minimum atomic E-state index is -0.568. The van der Waals surface area contributed by atoms with Gasteiger partial charge < -0.3 is 0 Å². The summed E-state index contributed by atoms with van der Waals surface area (Å²) in [4.78, 5) is 15.3. The van der Waals surface area contributed by atoms with Crippen molar-refractivity contribution in [2.45, 2.75) is 10.8 Å². The highest BCUT2D eigenvalue weighted by molar-refractivity contribution is 5.99. The molecule has 1 aromatic heterocycles. The van der Waals surface area contributed by atoms with Gasteiger partial charge in [0.15, 0.2) is 17.5 Å². The first-order valence-electron chi connectivity index (χ1n) is 22.8. The van der Waals surface area contributed by atoms with Crippen molar-refractivity contribution in [3.8, 4) is 67.5 Å². The highest BCUT2D eigenvalue weighted by atomic mass is 15.0. The summed E-state index contributed by atoms with van der Waals surface area (Å²) in [5, 5.41) is 2.22. The maximum absolute atomic E-state index is 5.16. The Morgan fingerprint density at radius 2 is 0.606 bits per heavy atom. The summed E-state index contributed by atoms with van der Waals surface area (Å²) in [6.07, 6.45) is 0. The normalized spacial score (nSPS) is 14.0. The van der Waals surface area contributed by atoms with Crippen LogP contribution in [0.15, 0.2) is 237 Å². The van der Waals surface area contributed by atoms with E-state index < -0.39 is 10.8 Å². The largest absolute Gasteiger partial charge is 0.208 e. The van der Waals surface area contributed by atoms with Crippen molar-refractivity contribution >= 4 is 10.8 Å². The lowest BCUT2D eigenvalue weighted by molar-refractivity contribution is 0.633. The van der Waals surface area contributed by atoms with Crippen molar-refractivity contribution in [1.29, 1.82) is 0 Å². The second kappa shape index (κ2) is 14.0. The molecule has 1 heterocycles. The second-order valence-corrected chi connectivity index (χ2v) is 17.8. The van der Waals surface area contributed by atoms with Gasteiger partial charge >= 0.3 is 0 Å². The van der Waals surface area contributed by atoms with Gasteiger partial charge in [0, 0.05) is 16.7 Å². The Morgan fingerprint density at radius 3 is 1.12 bits per heavy atom. The number of benzene rings is 10. The molecular weight excluding hydrogens is 799 g/mol. The summed E-state index contributed by atoms with van der Waals surface area (Å²) >= 11 is 0. The minimum absolute atomic E-state index is 0.481. The van der Waals surface area contributed by atoms with Gasteiger partial charge in [-0.2, -0.15) is 0 Å². The molecule has 0 fully saturated rings. The molecule has 0 aliphatic heterocycles. The van der Waals surface area contributed by atoms with E-state index in [4.69, 9.17) is 15.0 Å². The number of fused-ring (bicyclic) bond motifs is 17. The monoisotopic (exact) mass is 837 g/mol. The summed E-state index contributed by atoms with van der Waals surface area (Å²) in [5.41, 5.74) is 20.0. The summed E-state index contributed by atoms with van der Waals surface area (Å²) in [6.45, 7) is 0. The van der Waals surface area contributed by atoms with Crippen molar-refractivity contribution in [2.24, 2.45) is 0 Å². The molecule has 66 heavy (non-hydrogen) atoms. The van der Waals surface area contributed by atoms with Crippen LogP contribution >= 0.6 is 0 Å². The van der Waals surface area contributed by atoms with Crippen molar-refractivity contribution in [1.82, 2.24) is 15.0 Å². The first-order chi connectivity index (χ1) is 32.7. The third-order valence-electron chi connectivity index (χ3n) is 14.6. The molecule has 3 nitrogen and oxygen atoms in total. The van der Waals surface area contributed by atoms with Gasteiger partial charge in [-0.15, -0.1) is 0 Å². The summed E-state index contributed by atoms with van der Waals surface area (Å²) < 4.78 is 0. The van der Waals surface area contributed by atoms with Crippen molar-refractivity contribution in [3.63, 3.8) is 0 Å². The Morgan fingerprint density at radius 1 is 0.227 bits per heavy atom. The standard InChI is InChI=1S/C63H39N3/c1-3-18-41(19-4-1)59-64-60(42-20-5-2-6-21-42)66-61(65-59)49-26-17-22-40-34-35-43(38-50(40)49)44-36-37-48-47-25-9-12-29-53(47)63(58(48)39-44)56-32-15-13-30-54(56)62(55-31-14-16-33-57(55)63)51-27-10-7-23-45(51)46-24-8-11-28-52(46)62/h1-39H. The molecule has 0 saturated carbocycles. The Hall–Kier alpha value is -8.53. The van der Waals surface area contributed by atoms with E-state index in [0.717, 1.165) is 38.6 Å². The molecule has 306 valence electrons. The predicted octanol–water partition coefficient (Wildman–Crippen LogP) is 14.7. The number of hydrogen-bond donors (Lipinski definition) is 0. The van der Waals surface area contributed by atoms with E-state index in [2.05, 4.69) is 200 Å². The Labute approximate surface area is 383 Å². The van der Waals surface area contributed by atoms with Gasteiger partial charge in [-0.1, -0.05) is 224 Å². The smallest absolute Gasteiger partial charge is 0.164 e. The molecule has 14 rings (SSSR count). The van der Waals surface area contributed by atoms with E-state index in [0.29, 0.717) is 17.5 Å². The van der Waals surface area contributed by atoms with E-state index in [-0.39, 0.29) is 0 Å². The van der Waals surface area contributed by atoms with Crippen LogP contribution in [0.4, 0.5) is 0 Å². The van der Waals surface area contributed by atoms with Gasteiger partial charge in [0.25, 0.3) is 0 Å². The lowest BCUT2D eigenvalue weighted by Gasteiger charge is -2.48. The molecule has 10 aromatic carbocycles. The molecular formula is C63H39N3. The third kappa shape index (κ3) is 4.94. The highest BCUT2D eigenvalue weighted by Gasteiger charge is 2.58. The van der Waals surface area contributed by atoms with Crippen LogP contribution in [-0.2, 0) is 10.8 Å². The van der Waals surface area contributed by atoms with Gasteiger partial charge in [-0.25, -0.2) is 15.0 Å². The van der Waals surface area contributed by atoms with E-state index in [9.17, 15) is 0 Å². The lowest BCUT2D eigenvalue weighted by Crippen LogP contribution is -2.43. The average molecular weight is 838 g/mol. The molecule has 0 amide bonds. The first kappa shape index (κ1) is 36.9. The SMILES string of the molecule is c1ccc(-c2nc(-c3ccccc3)nc(-c3cccc4ccc(-c5ccc6c(c5)C5(c7ccccc7-6)c6ccccc6C6(c7ccccc7-c7ccccc76)c6ccccc65)cc34)n2)cc1. The Balaban J connectivity index is 0.997. The Bertz CT molecular complexity index is 3620. The fraction of sp³-hybridized carbons (Fsp3) is 0.0317. The molecule has 0 bridgehead atoms. The summed E-state index contributed by atoms with van der Waals surface area (Å²) in [5.74, 6) is 1.94. The lowest BCUT2D eigenvalue weighted by atomic mass is 9.52. The van der Waals surface area contributed by atoms with Crippen molar-refractivity contribution in [2.75, 3.05) is 0 Å². The minimum Gasteiger partial charge on any atom is -0.208 e. The van der Waals surface area contributed by atoms with Crippen LogP contribution in [0.1, 0.15) is 44.5 Å². The second-order valence-electron chi connectivity index (χ2n) is 17.8. The van der Waals surface area contributed by atoms with Crippen molar-refractivity contribution < 1.29 is 0 Å². The zero-order valence-electron chi connectivity index (χ0n) is 35.9. The van der Waals surface area contributed by atoms with Gasteiger partial charge in [0.05, 0.1) is 10.8 Å². The molecule has 11 aromatic rings. The van der Waals surface area contributed by atoms with Crippen LogP contribution in [0.5, 0.6) is 0 Å². The third-order valence-corrected chi connectivity index (χ3v) is 14.6. The van der Waals surface area contributed by atoms with Crippen LogP contribution in [-0.4, -0.2) is 15.0 Å². The number of aromatic nitrogens is 3. The zero-order chi connectivity index (χ0) is 43.4. The van der Waals surface area contributed by atoms with E-state index in [1.807, 2.05) is 36.4 Å². The summed E-state index contributed by atoms with van der Waals surface area (Å²) in [6, 6.07) is 86.7. The van der Waals surface area contributed by atoms with Crippen LogP contribution in [0.25, 0.3) is 78.3 Å². The highest BCUT2D eigenvalue weighted by Crippen LogP contribution is 2.67. The van der Waals surface area contributed by atoms with Gasteiger partial charge in [0.1, 0.15) is 0 Å². The van der Waals surface area contributed by atoms with Gasteiger partial charge in [-0.05, 0) is 101 Å². The molecule has 0 atom stereocenters. The van der Waals surface area contributed by atoms with E-state index >= 15 is 0 Å². The predicted molar refractivity (Wildman–Crippen MR) is 267 cm³/mol. The summed E-state index contributed by atoms with van der Waals surface area (Å²) in [7, 11) is 0. The molecule has 3 aliphatic rings. The molecule has 0 saturated heterocycles. The maximum atomic E-state index is 5.16. The van der Waals surface area contributed by atoms with E-state index in [1.165, 1.54) is 66.8 Å². The number of hydrogen-bond acceptors (Lipinski definition) is 3. The number of nitrogens with zero attached hydrogens (tertiary/aromatic N) is 3. The molecule has 2 spiro atoms. The topological polar surface area (TPSA) is 38.7 Å². The number of rotatable bonds is 4. The van der Waals surface area contributed by atoms with E-state index in [1.54, 1.807) is 0 Å². The molecule has 0 radical (unpaired) electrons. The van der Waals surface area contributed by atoms with Crippen LogP contribution in [0.3, 0.4) is 0 Å². The Kier molecular flexibility index (Phi) is 7.82. The maximum Gasteiger partial charge on any atom is 0.164 e. The fourth-order valence-electron chi connectivity index (χ4n) is 12.0. The molecule has 3 heteroatoms. The zero-order valence-corrected chi connectivity index (χ0v) is 35.9. The van der Waals surface area contributed by atoms with Crippen LogP contribution in [0.2, 0.25) is 0 Å². The van der Waals surface area contributed by atoms with Crippen LogP contribution in [0, 0.1) is 0 Å². The molecule has 0 N–H and O–H groups in total. The fourth-order valence-corrected chi connectivity index (χ4v) is 12.0. The van der Waals surface area contributed by atoms with Gasteiger partial charge in [-0.3, -0.25) is 0 Å². The average Bonchev–Trinajstić information content (AvgIpc) is 3.86. The van der Waals surface area contributed by atoms with Gasteiger partial charge in [0.2, 0.25) is 0 Å². The first-order valence-corrected chi connectivity index (χ1v) is 22.8. The van der Waals surface area contributed by atoms with Crippen LogP contribution < -0.4 is 0 Å².